The van der Waals surface area contributed by atoms with Crippen LogP contribution < -0.4 is 5.32 Å². The second-order valence-electron chi connectivity index (χ2n) is 5.83. The van der Waals surface area contributed by atoms with Crippen molar-refractivity contribution in [2.75, 3.05) is 0 Å². The quantitative estimate of drug-likeness (QED) is 0.869. The highest BCUT2D eigenvalue weighted by atomic mass is 19.1. The molecule has 0 spiro atoms. The van der Waals surface area contributed by atoms with Crippen molar-refractivity contribution in [1.82, 2.24) is 5.32 Å². The van der Waals surface area contributed by atoms with Crippen LogP contribution in [0, 0.1) is 11.6 Å². The number of hydrogen-bond donors (Lipinski definition) is 1. The molecule has 0 aromatic heterocycles. The van der Waals surface area contributed by atoms with E-state index in [4.69, 9.17) is 0 Å². The van der Waals surface area contributed by atoms with Crippen LogP contribution in [0.2, 0.25) is 0 Å². The lowest BCUT2D eigenvalue weighted by Crippen LogP contribution is -2.41. The standard InChI is InChI=1S/C18H19F2N/c1-12(17-4-2-3-5-18(17)20)21-16-10-14(11-16)13-6-8-15(19)9-7-13/h2-9,12,14,16,21H,10-11H2,1H3/t12-,14?,16?/m1/s1. The first-order chi connectivity index (χ1) is 10.1. The fourth-order valence-electron chi connectivity index (χ4n) is 3.03. The maximum Gasteiger partial charge on any atom is 0.127 e. The highest BCUT2D eigenvalue weighted by Gasteiger charge is 2.31. The van der Waals surface area contributed by atoms with Gasteiger partial charge in [-0.1, -0.05) is 30.3 Å². The van der Waals surface area contributed by atoms with Gasteiger partial charge in [-0.3, -0.25) is 0 Å². The second kappa shape index (κ2) is 5.94. The van der Waals surface area contributed by atoms with Crippen LogP contribution in [0.1, 0.15) is 42.9 Å². The van der Waals surface area contributed by atoms with Gasteiger partial charge in [0.1, 0.15) is 11.6 Å². The van der Waals surface area contributed by atoms with Crippen molar-refractivity contribution in [2.45, 2.75) is 37.8 Å². The van der Waals surface area contributed by atoms with Crippen molar-refractivity contribution in [3.63, 3.8) is 0 Å². The zero-order valence-electron chi connectivity index (χ0n) is 12.0. The Hall–Kier alpha value is -1.74. The summed E-state index contributed by atoms with van der Waals surface area (Å²) in [7, 11) is 0. The monoisotopic (exact) mass is 287 g/mol. The van der Waals surface area contributed by atoms with Gasteiger partial charge in [0, 0.05) is 17.6 Å². The minimum absolute atomic E-state index is 0.00497. The third-order valence-corrected chi connectivity index (χ3v) is 4.34. The summed E-state index contributed by atoms with van der Waals surface area (Å²) in [6.45, 7) is 1.99. The molecular formula is C18H19F2N. The molecule has 0 bridgehead atoms. The van der Waals surface area contributed by atoms with E-state index < -0.39 is 0 Å². The third-order valence-electron chi connectivity index (χ3n) is 4.34. The fourth-order valence-corrected chi connectivity index (χ4v) is 3.03. The van der Waals surface area contributed by atoms with Crippen molar-refractivity contribution in [3.05, 3.63) is 71.3 Å². The Bertz CT molecular complexity index is 603. The van der Waals surface area contributed by atoms with Crippen LogP contribution in [0.25, 0.3) is 0 Å². The van der Waals surface area contributed by atoms with Crippen LogP contribution >= 0.6 is 0 Å². The van der Waals surface area contributed by atoms with Crippen LogP contribution in [0.15, 0.2) is 48.5 Å². The Morgan fingerprint density at radius 2 is 1.67 bits per heavy atom. The SMILES string of the molecule is C[C@@H](NC1CC(c2ccc(F)cc2)C1)c1ccccc1F. The summed E-state index contributed by atoms with van der Waals surface area (Å²) in [5.74, 6) is 0.128. The summed E-state index contributed by atoms with van der Waals surface area (Å²) in [5.41, 5.74) is 1.90. The molecule has 1 aliphatic carbocycles. The molecule has 1 atom stereocenters. The summed E-state index contributed by atoms with van der Waals surface area (Å²) < 4.78 is 26.6. The first kappa shape index (κ1) is 14.2. The average Bonchev–Trinajstić information content (AvgIpc) is 2.44. The van der Waals surface area contributed by atoms with Gasteiger partial charge in [0.25, 0.3) is 0 Å². The third kappa shape index (κ3) is 3.13. The molecule has 110 valence electrons. The Morgan fingerprint density at radius 3 is 2.33 bits per heavy atom. The number of hydrogen-bond acceptors (Lipinski definition) is 1. The second-order valence-corrected chi connectivity index (χ2v) is 5.83. The Labute approximate surface area is 124 Å². The first-order valence-electron chi connectivity index (χ1n) is 7.39. The first-order valence-corrected chi connectivity index (χ1v) is 7.39. The van der Waals surface area contributed by atoms with Crippen molar-refractivity contribution in [1.29, 1.82) is 0 Å². The van der Waals surface area contributed by atoms with Crippen molar-refractivity contribution >= 4 is 0 Å². The van der Waals surface area contributed by atoms with Gasteiger partial charge in [-0.25, -0.2) is 8.78 Å². The van der Waals surface area contributed by atoms with Gasteiger partial charge in [-0.05, 0) is 49.4 Å². The molecule has 1 N–H and O–H groups in total. The van der Waals surface area contributed by atoms with Gasteiger partial charge < -0.3 is 5.32 Å². The molecule has 1 fully saturated rings. The van der Waals surface area contributed by atoms with E-state index in [2.05, 4.69) is 5.32 Å². The minimum atomic E-state index is -0.194. The lowest BCUT2D eigenvalue weighted by Gasteiger charge is -2.38. The molecule has 1 saturated carbocycles. The van der Waals surface area contributed by atoms with E-state index in [1.807, 2.05) is 31.2 Å². The molecular weight excluding hydrogens is 268 g/mol. The summed E-state index contributed by atoms with van der Waals surface area (Å²) >= 11 is 0. The van der Waals surface area contributed by atoms with E-state index in [1.165, 1.54) is 23.8 Å². The molecule has 1 nitrogen and oxygen atoms in total. The number of benzene rings is 2. The average molecular weight is 287 g/mol. The molecule has 3 heteroatoms. The van der Waals surface area contributed by atoms with Crippen LogP contribution in [-0.2, 0) is 0 Å². The van der Waals surface area contributed by atoms with Gasteiger partial charge >= 0.3 is 0 Å². The fraction of sp³-hybridized carbons (Fsp3) is 0.333. The maximum absolute atomic E-state index is 13.7. The number of halogens is 2. The van der Waals surface area contributed by atoms with Crippen molar-refractivity contribution < 1.29 is 8.78 Å². The van der Waals surface area contributed by atoms with Gasteiger partial charge in [0.15, 0.2) is 0 Å². The van der Waals surface area contributed by atoms with Crippen molar-refractivity contribution in [3.8, 4) is 0 Å². The number of rotatable bonds is 4. The number of nitrogens with one attached hydrogen (secondary N) is 1. The lowest BCUT2D eigenvalue weighted by molar-refractivity contribution is 0.269. The summed E-state index contributed by atoms with van der Waals surface area (Å²) in [5, 5.41) is 3.47. The van der Waals surface area contributed by atoms with E-state index >= 15 is 0 Å². The normalized spacial score (nSPS) is 22.6. The van der Waals surface area contributed by atoms with Gasteiger partial charge in [0.2, 0.25) is 0 Å². The zero-order valence-corrected chi connectivity index (χ0v) is 12.0. The topological polar surface area (TPSA) is 12.0 Å². The van der Waals surface area contributed by atoms with E-state index in [9.17, 15) is 8.78 Å². The predicted molar refractivity (Wildman–Crippen MR) is 80.1 cm³/mol. The predicted octanol–water partition coefficient (Wildman–Crippen LogP) is 4.56. The lowest BCUT2D eigenvalue weighted by atomic mass is 9.75. The largest absolute Gasteiger partial charge is 0.307 e. The molecule has 3 rings (SSSR count). The van der Waals surface area contributed by atoms with Crippen molar-refractivity contribution in [2.24, 2.45) is 0 Å². The molecule has 21 heavy (non-hydrogen) atoms. The van der Waals surface area contributed by atoms with E-state index in [1.54, 1.807) is 6.07 Å². The highest BCUT2D eigenvalue weighted by molar-refractivity contribution is 5.25. The van der Waals surface area contributed by atoms with Crippen LogP contribution in [-0.4, -0.2) is 6.04 Å². The van der Waals surface area contributed by atoms with Gasteiger partial charge in [-0.2, -0.15) is 0 Å². The molecule has 0 radical (unpaired) electrons. The van der Waals surface area contributed by atoms with E-state index in [0.29, 0.717) is 17.5 Å². The summed E-state index contributed by atoms with van der Waals surface area (Å²) in [6, 6.07) is 14.0. The van der Waals surface area contributed by atoms with Crippen LogP contribution in [0.3, 0.4) is 0 Å². The summed E-state index contributed by atoms with van der Waals surface area (Å²) in [4.78, 5) is 0. The molecule has 0 aliphatic heterocycles. The smallest absolute Gasteiger partial charge is 0.127 e. The van der Waals surface area contributed by atoms with Crippen LogP contribution in [0.4, 0.5) is 8.78 Å². The molecule has 0 amide bonds. The molecule has 0 unspecified atom stereocenters. The van der Waals surface area contributed by atoms with E-state index in [0.717, 1.165) is 12.8 Å². The molecule has 0 saturated heterocycles. The van der Waals surface area contributed by atoms with Gasteiger partial charge in [0.05, 0.1) is 0 Å². The molecule has 2 aromatic carbocycles. The van der Waals surface area contributed by atoms with Crippen LogP contribution in [0.5, 0.6) is 0 Å². The van der Waals surface area contributed by atoms with E-state index in [-0.39, 0.29) is 17.7 Å². The zero-order chi connectivity index (χ0) is 14.8. The maximum atomic E-state index is 13.7. The Balaban J connectivity index is 1.55. The summed E-state index contributed by atoms with van der Waals surface area (Å²) in [6.07, 6.45) is 2.04. The van der Waals surface area contributed by atoms with Gasteiger partial charge in [-0.15, -0.1) is 0 Å². The molecule has 1 aliphatic rings. The molecule has 2 aromatic rings. The highest BCUT2D eigenvalue weighted by Crippen LogP contribution is 2.38. The minimum Gasteiger partial charge on any atom is -0.307 e. The Kier molecular flexibility index (Phi) is 4.02. The Morgan fingerprint density at radius 1 is 1.00 bits per heavy atom. The molecule has 0 heterocycles.